The van der Waals surface area contributed by atoms with Gasteiger partial charge in [-0.05, 0) is 44.5 Å². The molecule has 0 atom stereocenters. The quantitative estimate of drug-likeness (QED) is 0.848. The normalized spacial score (nSPS) is 14.6. The average Bonchev–Trinajstić information content (AvgIpc) is 3.22. The molecule has 0 bridgehead atoms. The number of nitrogens with zero attached hydrogens (tertiary/aromatic N) is 1. The predicted octanol–water partition coefficient (Wildman–Crippen LogP) is 2.26. The van der Waals surface area contributed by atoms with Crippen LogP contribution in [0.4, 0.5) is 0 Å². The Morgan fingerprint density at radius 1 is 1.48 bits per heavy atom. The molecule has 0 aromatic carbocycles. The van der Waals surface area contributed by atoms with Gasteiger partial charge in [-0.15, -0.1) is 11.3 Å². The topological polar surface area (TPSA) is 66.9 Å². The van der Waals surface area contributed by atoms with Gasteiger partial charge in [-0.2, -0.15) is 0 Å². The first-order valence-electron chi connectivity index (χ1n) is 6.99. The number of H-pyrrole nitrogens is 1. The smallest absolute Gasteiger partial charge is 0.263 e. The van der Waals surface area contributed by atoms with E-state index in [1.54, 1.807) is 11.3 Å². The Hall–Kier alpha value is -1.47. The summed E-state index contributed by atoms with van der Waals surface area (Å²) in [6.07, 6.45) is 1.95. The minimum absolute atomic E-state index is 0.0729. The molecule has 1 fully saturated rings. The third-order valence-corrected chi connectivity index (χ3v) is 5.34. The zero-order chi connectivity index (χ0) is 15.1. The first-order chi connectivity index (χ1) is 9.99. The van der Waals surface area contributed by atoms with Crippen LogP contribution in [0.25, 0.3) is 10.2 Å². The number of aryl methyl sites for hydroxylation is 2. The molecule has 21 heavy (non-hydrogen) atoms. The number of rotatable bonds is 4. The SMILES string of the molecule is Cc1sc2[nH]c(=S)n(CCNC(=O)C3CC3)c(=O)c2c1C. The Labute approximate surface area is 131 Å². The van der Waals surface area contributed by atoms with E-state index in [-0.39, 0.29) is 17.4 Å². The first-order valence-corrected chi connectivity index (χ1v) is 8.22. The predicted molar refractivity (Wildman–Crippen MR) is 86.5 cm³/mol. The summed E-state index contributed by atoms with van der Waals surface area (Å²) in [4.78, 5) is 29.2. The van der Waals surface area contributed by atoms with Gasteiger partial charge in [0, 0.05) is 23.9 Å². The molecule has 2 N–H and O–H groups in total. The third-order valence-electron chi connectivity index (χ3n) is 3.89. The van der Waals surface area contributed by atoms with E-state index in [2.05, 4.69) is 10.3 Å². The number of fused-ring (bicyclic) bond motifs is 1. The van der Waals surface area contributed by atoms with Crippen molar-refractivity contribution in [2.24, 2.45) is 5.92 Å². The van der Waals surface area contributed by atoms with E-state index in [4.69, 9.17) is 12.2 Å². The molecule has 7 heteroatoms. The van der Waals surface area contributed by atoms with E-state index >= 15 is 0 Å². The van der Waals surface area contributed by atoms with Gasteiger partial charge in [0.25, 0.3) is 5.56 Å². The maximum Gasteiger partial charge on any atom is 0.263 e. The lowest BCUT2D eigenvalue weighted by Gasteiger charge is -2.08. The molecule has 1 amide bonds. The first kappa shape index (κ1) is 14.5. The lowest BCUT2D eigenvalue weighted by atomic mass is 10.2. The van der Waals surface area contributed by atoms with Gasteiger partial charge in [0.15, 0.2) is 4.77 Å². The van der Waals surface area contributed by atoms with Crippen LogP contribution < -0.4 is 10.9 Å². The van der Waals surface area contributed by atoms with Crippen LogP contribution in [-0.2, 0) is 11.3 Å². The van der Waals surface area contributed by atoms with E-state index in [1.165, 1.54) is 4.57 Å². The molecule has 3 rings (SSSR count). The monoisotopic (exact) mass is 323 g/mol. The molecule has 2 heterocycles. The van der Waals surface area contributed by atoms with E-state index < -0.39 is 0 Å². The summed E-state index contributed by atoms with van der Waals surface area (Å²) in [5.41, 5.74) is 0.929. The molecule has 0 radical (unpaired) electrons. The second-order valence-electron chi connectivity index (χ2n) is 5.44. The van der Waals surface area contributed by atoms with Gasteiger partial charge in [0.2, 0.25) is 5.91 Å². The highest BCUT2D eigenvalue weighted by Crippen LogP contribution is 2.28. The highest BCUT2D eigenvalue weighted by atomic mass is 32.1. The van der Waals surface area contributed by atoms with E-state index in [1.807, 2.05) is 13.8 Å². The Balaban J connectivity index is 1.87. The van der Waals surface area contributed by atoms with Crippen molar-refractivity contribution >= 4 is 39.7 Å². The lowest BCUT2D eigenvalue weighted by molar-refractivity contribution is -0.122. The summed E-state index contributed by atoms with van der Waals surface area (Å²) >= 11 is 6.82. The Bertz CT molecular complexity index is 827. The maximum absolute atomic E-state index is 12.6. The number of amides is 1. The van der Waals surface area contributed by atoms with Crippen LogP contribution in [0, 0.1) is 24.5 Å². The molecule has 1 saturated carbocycles. The molecule has 2 aromatic heterocycles. The number of thiophene rings is 1. The fraction of sp³-hybridized carbons (Fsp3) is 0.500. The van der Waals surface area contributed by atoms with Crippen molar-refractivity contribution in [1.29, 1.82) is 0 Å². The number of aromatic amines is 1. The minimum atomic E-state index is -0.0729. The average molecular weight is 323 g/mol. The van der Waals surface area contributed by atoms with Crippen molar-refractivity contribution in [3.05, 3.63) is 25.6 Å². The number of nitrogens with one attached hydrogen (secondary N) is 2. The van der Waals surface area contributed by atoms with Crippen LogP contribution in [0.15, 0.2) is 4.79 Å². The van der Waals surface area contributed by atoms with Crippen LogP contribution in [0.5, 0.6) is 0 Å². The van der Waals surface area contributed by atoms with Gasteiger partial charge >= 0.3 is 0 Å². The largest absolute Gasteiger partial charge is 0.354 e. The Kier molecular flexibility index (Phi) is 3.71. The fourth-order valence-electron chi connectivity index (χ4n) is 2.35. The van der Waals surface area contributed by atoms with Crippen molar-refractivity contribution in [1.82, 2.24) is 14.9 Å². The van der Waals surface area contributed by atoms with Crippen molar-refractivity contribution in [3.63, 3.8) is 0 Å². The summed E-state index contributed by atoms with van der Waals surface area (Å²) in [6.45, 7) is 4.78. The molecule has 5 nitrogen and oxygen atoms in total. The van der Waals surface area contributed by atoms with Crippen LogP contribution >= 0.6 is 23.6 Å². The molecule has 0 saturated heterocycles. The number of hydrogen-bond donors (Lipinski definition) is 2. The fourth-order valence-corrected chi connectivity index (χ4v) is 3.74. The number of aromatic nitrogens is 2. The summed E-state index contributed by atoms with van der Waals surface area (Å²) in [5.74, 6) is 0.266. The van der Waals surface area contributed by atoms with Gasteiger partial charge < -0.3 is 10.3 Å². The van der Waals surface area contributed by atoms with Gasteiger partial charge in [-0.25, -0.2) is 0 Å². The van der Waals surface area contributed by atoms with Gasteiger partial charge in [-0.1, -0.05) is 0 Å². The van der Waals surface area contributed by atoms with Crippen LogP contribution in [0.3, 0.4) is 0 Å². The number of carbonyl (C=O) groups is 1. The second kappa shape index (κ2) is 5.38. The molecule has 0 unspecified atom stereocenters. The van der Waals surface area contributed by atoms with Crippen LogP contribution in [0.2, 0.25) is 0 Å². The second-order valence-corrected chi connectivity index (χ2v) is 7.05. The third kappa shape index (κ3) is 2.67. The summed E-state index contributed by atoms with van der Waals surface area (Å²) in [6, 6.07) is 0. The van der Waals surface area contributed by atoms with Crippen LogP contribution in [-0.4, -0.2) is 22.0 Å². The van der Waals surface area contributed by atoms with Gasteiger partial charge in [0.05, 0.1) is 5.39 Å². The van der Waals surface area contributed by atoms with Crippen molar-refractivity contribution in [2.75, 3.05) is 6.54 Å². The zero-order valence-electron chi connectivity index (χ0n) is 12.0. The van der Waals surface area contributed by atoms with E-state index in [0.717, 1.165) is 28.1 Å². The molecule has 0 spiro atoms. The Morgan fingerprint density at radius 2 is 2.19 bits per heavy atom. The minimum Gasteiger partial charge on any atom is -0.354 e. The summed E-state index contributed by atoms with van der Waals surface area (Å²) < 4.78 is 1.94. The molecule has 1 aliphatic rings. The molecule has 2 aromatic rings. The van der Waals surface area contributed by atoms with Crippen molar-refractivity contribution in [3.8, 4) is 0 Å². The highest BCUT2D eigenvalue weighted by Gasteiger charge is 2.29. The molecule has 112 valence electrons. The molecular weight excluding hydrogens is 306 g/mol. The lowest BCUT2D eigenvalue weighted by Crippen LogP contribution is -2.32. The van der Waals surface area contributed by atoms with E-state index in [0.29, 0.717) is 23.2 Å². The van der Waals surface area contributed by atoms with Crippen molar-refractivity contribution < 1.29 is 4.79 Å². The van der Waals surface area contributed by atoms with Gasteiger partial charge in [-0.3, -0.25) is 14.2 Å². The maximum atomic E-state index is 12.6. The molecular formula is C14H17N3O2S2. The van der Waals surface area contributed by atoms with Gasteiger partial charge in [0.1, 0.15) is 4.83 Å². The van der Waals surface area contributed by atoms with E-state index in [9.17, 15) is 9.59 Å². The van der Waals surface area contributed by atoms with Crippen molar-refractivity contribution in [2.45, 2.75) is 33.2 Å². The Morgan fingerprint density at radius 3 is 2.86 bits per heavy atom. The summed E-state index contributed by atoms with van der Waals surface area (Å²) in [7, 11) is 0. The number of hydrogen-bond acceptors (Lipinski definition) is 4. The standard InChI is InChI=1S/C14H17N3O2S2/c1-7-8(2)21-12-10(7)13(19)17(14(20)16-12)6-5-15-11(18)9-3-4-9/h9H,3-6H2,1-2H3,(H,15,18)(H,16,20). The zero-order valence-corrected chi connectivity index (χ0v) is 13.6. The molecule has 0 aliphatic heterocycles. The van der Waals surface area contributed by atoms with Crippen LogP contribution in [0.1, 0.15) is 23.3 Å². The number of carbonyl (C=O) groups excluding carboxylic acids is 1. The highest BCUT2D eigenvalue weighted by molar-refractivity contribution is 7.71. The molecule has 1 aliphatic carbocycles. The summed E-state index contributed by atoms with van der Waals surface area (Å²) in [5, 5.41) is 3.57.